The van der Waals surface area contributed by atoms with Gasteiger partial charge in [0, 0.05) is 0 Å². The van der Waals surface area contributed by atoms with Gasteiger partial charge in [0.1, 0.15) is 5.75 Å². The lowest BCUT2D eigenvalue weighted by Gasteiger charge is -2.18. The van der Waals surface area contributed by atoms with E-state index in [4.69, 9.17) is 4.74 Å². The van der Waals surface area contributed by atoms with Crippen molar-refractivity contribution >= 4 is 5.97 Å². The van der Waals surface area contributed by atoms with E-state index in [1.807, 2.05) is 18.2 Å². The molecule has 0 aliphatic rings. The predicted molar refractivity (Wildman–Crippen MR) is 149 cm³/mol. The molecule has 0 spiro atoms. The maximum atomic E-state index is 14.9. The smallest absolute Gasteiger partial charge is 0.348 e. The number of carbonyl (C=O) groups excluding carboxylic acids is 1. The summed E-state index contributed by atoms with van der Waals surface area (Å²) < 4.78 is 20.3. The van der Waals surface area contributed by atoms with Crippen molar-refractivity contribution in [3.63, 3.8) is 0 Å². The van der Waals surface area contributed by atoms with E-state index in [0.717, 1.165) is 48.8 Å². The average Bonchev–Trinajstić information content (AvgIpc) is 2.89. The third-order valence-corrected chi connectivity index (χ3v) is 6.81. The first-order valence-corrected chi connectivity index (χ1v) is 13.6. The van der Waals surface area contributed by atoms with Crippen LogP contribution >= 0.6 is 0 Å². The van der Waals surface area contributed by atoms with E-state index < -0.39 is 11.6 Å². The van der Waals surface area contributed by atoms with Gasteiger partial charge in [0.05, 0.1) is 0 Å². The second-order valence-electron chi connectivity index (χ2n) is 9.98. The predicted octanol–water partition coefficient (Wildman–Crippen LogP) is 9.75. The molecular weight excluding hydrogens is 447 g/mol. The Morgan fingerprint density at radius 1 is 0.722 bits per heavy atom. The van der Waals surface area contributed by atoms with E-state index in [-0.39, 0.29) is 6.42 Å². The molecular formula is C33H41FO2. The lowest BCUT2D eigenvalue weighted by Crippen LogP contribution is -2.34. The molecule has 0 fully saturated rings. The molecule has 3 heteroatoms. The van der Waals surface area contributed by atoms with Crippen LogP contribution in [-0.4, -0.2) is 11.6 Å². The Hall–Kier alpha value is -2.94. The Balaban J connectivity index is 1.66. The van der Waals surface area contributed by atoms with Gasteiger partial charge in [0.2, 0.25) is 5.67 Å². The van der Waals surface area contributed by atoms with Crippen molar-refractivity contribution in [1.29, 1.82) is 0 Å². The summed E-state index contributed by atoms with van der Waals surface area (Å²) in [6.07, 6.45) is 10.0. The van der Waals surface area contributed by atoms with Gasteiger partial charge in [-0.2, -0.15) is 0 Å². The van der Waals surface area contributed by atoms with E-state index in [1.54, 1.807) is 12.1 Å². The summed E-state index contributed by atoms with van der Waals surface area (Å²) in [6, 6.07) is 24.5. The zero-order valence-corrected chi connectivity index (χ0v) is 22.2. The summed E-state index contributed by atoms with van der Waals surface area (Å²) in [7, 11) is 0. The molecule has 0 radical (unpaired) electrons. The van der Waals surface area contributed by atoms with Crippen molar-refractivity contribution in [2.24, 2.45) is 0 Å². The zero-order chi connectivity index (χ0) is 25.8. The van der Waals surface area contributed by atoms with Gasteiger partial charge in [-0.25, -0.2) is 9.18 Å². The molecule has 0 aliphatic heterocycles. The Labute approximate surface area is 216 Å². The van der Waals surface area contributed by atoms with Gasteiger partial charge >= 0.3 is 5.97 Å². The second kappa shape index (κ2) is 14.0. The van der Waals surface area contributed by atoms with Crippen molar-refractivity contribution in [2.45, 2.75) is 90.6 Å². The number of unbranched alkanes of at least 4 members (excludes halogenated alkanes) is 6. The average molecular weight is 489 g/mol. The molecule has 0 N–H and O–H groups in total. The third kappa shape index (κ3) is 8.05. The highest BCUT2D eigenvalue weighted by Gasteiger charge is 2.34. The van der Waals surface area contributed by atoms with Crippen LogP contribution < -0.4 is 4.74 Å². The minimum Gasteiger partial charge on any atom is -0.424 e. The van der Waals surface area contributed by atoms with Crippen LogP contribution in [0.1, 0.15) is 84.1 Å². The molecule has 3 aromatic rings. The molecule has 0 aliphatic carbocycles. The number of carbonyl (C=O) groups is 1. The van der Waals surface area contributed by atoms with E-state index >= 15 is 0 Å². The molecule has 3 aromatic carbocycles. The van der Waals surface area contributed by atoms with Gasteiger partial charge < -0.3 is 4.74 Å². The summed E-state index contributed by atoms with van der Waals surface area (Å²) in [6.45, 7) is 5.70. The van der Waals surface area contributed by atoms with Crippen LogP contribution in [-0.2, 0) is 11.2 Å². The summed E-state index contributed by atoms with van der Waals surface area (Å²) in [4.78, 5) is 12.5. The van der Waals surface area contributed by atoms with Gasteiger partial charge in [-0.1, -0.05) is 113 Å². The largest absolute Gasteiger partial charge is 0.424 e. The number of ether oxygens (including phenoxy) is 1. The van der Waals surface area contributed by atoms with Crippen LogP contribution in [0.25, 0.3) is 22.3 Å². The molecule has 0 aromatic heterocycles. The molecule has 0 heterocycles. The number of hydrogen-bond acceptors (Lipinski definition) is 2. The Kier molecular flexibility index (Phi) is 10.7. The fourth-order valence-electron chi connectivity index (χ4n) is 4.50. The van der Waals surface area contributed by atoms with E-state index in [0.29, 0.717) is 12.2 Å². The van der Waals surface area contributed by atoms with Crippen molar-refractivity contribution in [2.75, 3.05) is 0 Å². The second-order valence-corrected chi connectivity index (χ2v) is 9.98. The molecule has 0 saturated carbocycles. The van der Waals surface area contributed by atoms with Crippen LogP contribution in [0.2, 0.25) is 0 Å². The minimum atomic E-state index is -1.97. The number of alkyl halides is 1. The van der Waals surface area contributed by atoms with E-state index in [2.05, 4.69) is 56.3 Å². The summed E-state index contributed by atoms with van der Waals surface area (Å²) in [5.74, 6) is -0.447. The van der Waals surface area contributed by atoms with Crippen molar-refractivity contribution < 1.29 is 13.9 Å². The lowest BCUT2D eigenvalue weighted by molar-refractivity contribution is -0.147. The first kappa shape index (κ1) is 27.6. The number of esters is 1. The Morgan fingerprint density at radius 2 is 1.25 bits per heavy atom. The normalized spacial score (nSPS) is 12.8. The standard InChI is InChI=1S/C33H41FO2/c1-4-6-8-9-13-25-33(3,34)32(35)36-29-23-21-28(22-24-29)31-16-12-11-15-30(31)27-19-17-26(18-20-27)14-10-7-5-2/h11-12,15-24H,4-10,13-14,25H2,1-3H3. The summed E-state index contributed by atoms with van der Waals surface area (Å²) >= 11 is 0. The molecule has 1 atom stereocenters. The fourth-order valence-corrected chi connectivity index (χ4v) is 4.50. The molecule has 0 amide bonds. The Bertz CT molecular complexity index is 1070. The van der Waals surface area contributed by atoms with Crippen LogP contribution in [0.15, 0.2) is 72.8 Å². The molecule has 3 rings (SSSR count). The van der Waals surface area contributed by atoms with Crippen LogP contribution in [0.5, 0.6) is 5.75 Å². The monoisotopic (exact) mass is 488 g/mol. The van der Waals surface area contributed by atoms with Gasteiger partial charge in [0.25, 0.3) is 0 Å². The van der Waals surface area contributed by atoms with Gasteiger partial charge in [-0.3, -0.25) is 0 Å². The first-order valence-electron chi connectivity index (χ1n) is 13.6. The third-order valence-electron chi connectivity index (χ3n) is 6.81. The van der Waals surface area contributed by atoms with Crippen molar-refractivity contribution in [1.82, 2.24) is 0 Å². The summed E-state index contributed by atoms with van der Waals surface area (Å²) in [5, 5.41) is 0. The number of benzene rings is 3. The SMILES string of the molecule is CCCCCCCC(C)(F)C(=O)Oc1ccc(-c2ccccc2-c2ccc(CCCCC)cc2)cc1. The van der Waals surface area contributed by atoms with E-state index in [9.17, 15) is 9.18 Å². The maximum Gasteiger partial charge on any atom is 0.348 e. The molecule has 0 bridgehead atoms. The van der Waals surface area contributed by atoms with Crippen molar-refractivity contribution in [3.05, 3.63) is 78.4 Å². The number of rotatable bonds is 14. The molecule has 1 unspecified atom stereocenters. The minimum absolute atomic E-state index is 0.193. The van der Waals surface area contributed by atoms with Crippen LogP contribution in [0.4, 0.5) is 4.39 Å². The Morgan fingerprint density at radius 3 is 1.83 bits per heavy atom. The van der Waals surface area contributed by atoms with Crippen LogP contribution in [0, 0.1) is 0 Å². The lowest BCUT2D eigenvalue weighted by atomic mass is 9.93. The topological polar surface area (TPSA) is 26.3 Å². The van der Waals surface area contributed by atoms with Crippen LogP contribution in [0.3, 0.4) is 0 Å². The van der Waals surface area contributed by atoms with Gasteiger partial charge in [-0.05, 0) is 72.6 Å². The zero-order valence-electron chi connectivity index (χ0n) is 22.2. The van der Waals surface area contributed by atoms with Crippen molar-refractivity contribution in [3.8, 4) is 28.0 Å². The van der Waals surface area contributed by atoms with Gasteiger partial charge in [-0.15, -0.1) is 0 Å². The quantitative estimate of drug-likeness (QED) is 0.128. The highest BCUT2D eigenvalue weighted by atomic mass is 19.1. The number of aryl methyl sites for hydroxylation is 1. The molecule has 36 heavy (non-hydrogen) atoms. The number of hydrogen-bond donors (Lipinski definition) is 0. The number of halogens is 1. The van der Waals surface area contributed by atoms with Gasteiger partial charge in [0.15, 0.2) is 0 Å². The highest BCUT2D eigenvalue weighted by Crippen LogP contribution is 2.33. The highest BCUT2D eigenvalue weighted by molar-refractivity contribution is 5.84. The molecule has 192 valence electrons. The summed E-state index contributed by atoms with van der Waals surface area (Å²) in [5.41, 5.74) is 3.86. The van der Waals surface area contributed by atoms with E-state index in [1.165, 1.54) is 37.3 Å². The molecule has 2 nitrogen and oxygen atoms in total. The maximum absolute atomic E-state index is 14.9. The molecule has 0 saturated heterocycles. The fraction of sp³-hybridized carbons (Fsp3) is 0.424. The first-order chi connectivity index (χ1) is 17.4.